The lowest BCUT2D eigenvalue weighted by Gasteiger charge is -2.48. The average molecular weight is 254 g/mol. The molecular formula is C16H34N2. The van der Waals surface area contributed by atoms with E-state index in [1.807, 2.05) is 0 Å². The summed E-state index contributed by atoms with van der Waals surface area (Å²) in [5, 5.41) is 3.79. The summed E-state index contributed by atoms with van der Waals surface area (Å²) in [5.74, 6) is 1.53. The highest BCUT2D eigenvalue weighted by atomic mass is 15.2. The molecule has 2 heteroatoms. The molecule has 0 spiro atoms. The summed E-state index contributed by atoms with van der Waals surface area (Å²) < 4.78 is 0. The average Bonchev–Trinajstić information content (AvgIpc) is 2.25. The zero-order valence-electron chi connectivity index (χ0n) is 13.6. The summed E-state index contributed by atoms with van der Waals surface area (Å²) in [5.41, 5.74) is 0.363. The van der Waals surface area contributed by atoms with Crippen LogP contribution in [-0.4, -0.2) is 36.6 Å². The minimum atomic E-state index is 0.363. The number of rotatable bonds is 4. The molecule has 0 aliphatic carbocycles. The molecule has 108 valence electrons. The van der Waals surface area contributed by atoms with Gasteiger partial charge in [-0.2, -0.15) is 0 Å². The molecule has 0 bridgehead atoms. The van der Waals surface area contributed by atoms with Crippen molar-refractivity contribution in [1.29, 1.82) is 0 Å². The molecule has 1 heterocycles. The quantitative estimate of drug-likeness (QED) is 0.827. The summed E-state index contributed by atoms with van der Waals surface area (Å²) in [4.78, 5) is 2.73. The van der Waals surface area contributed by atoms with E-state index in [2.05, 4.69) is 58.7 Å². The Balaban J connectivity index is 2.73. The predicted octanol–water partition coefficient (Wildman–Crippen LogP) is 3.38. The van der Waals surface area contributed by atoms with Crippen LogP contribution < -0.4 is 5.32 Å². The first kappa shape index (κ1) is 16.0. The van der Waals surface area contributed by atoms with Crippen LogP contribution in [0.25, 0.3) is 0 Å². The van der Waals surface area contributed by atoms with E-state index in [4.69, 9.17) is 0 Å². The molecule has 18 heavy (non-hydrogen) atoms. The van der Waals surface area contributed by atoms with Gasteiger partial charge in [0.05, 0.1) is 0 Å². The van der Waals surface area contributed by atoms with Gasteiger partial charge in [0.1, 0.15) is 0 Å². The van der Waals surface area contributed by atoms with Crippen LogP contribution in [0.2, 0.25) is 0 Å². The van der Waals surface area contributed by atoms with Crippen LogP contribution in [0.4, 0.5) is 0 Å². The minimum Gasteiger partial charge on any atom is -0.311 e. The van der Waals surface area contributed by atoms with Gasteiger partial charge in [0.2, 0.25) is 0 Å². The Kier molecular flexibility index (Phi) is 5.67. The largest absolute Gasteiger partial charge is 0.311 e. The molecule has 1 rings (SSSR count). The van der Waals surface area contributed by atoms with E-state index in [0.717, 1.165) is 18.4 Å². The van der Waals surface area contributed by atoms with Gasteiger partial charge in [-0.15, -0.1) is 0 Å². The third-order valence-electron chi connectivity index (χ3n) is 4.38. The summed E-state index contributed by atoms with van der Waals surface area (Å²) in [6, 6.07) is 1.34. The lowest BCUT2D eigenvalue weighted by Crippen LogP contribution is -2.62. The van der Waals surface area contributed by atoms with Crippen molar-refractivity contribution in [2.75, 3.05) is 19.6 Å². The van der Waals surface area contributed by atoms with Crippen LogP contribution in [0.1, 0.15) is 54.9 Å². The Morgan fingerprint density at radius 3 is 2.28 bits per heavy atom. The van der Waals surface area contributed by atoms with Gasteiger partial charge >= 0.3 is 0 Å². The second-order valence-electron chi connectivity index (χ2n) is 7.63. The molecule has 0 aromatic heterocycles. The maximum atomic E-state index is 3.79. The molecule has 2 nitrogen and oxygen atoms in total. The van der Waals surface area contributed by atoms with Gasteiger partial charge in [-0.1, -0.05) is 54.9 Å². The summed E-state index contributed by atoms with van der Waals surface area (Å²) in [7, 11) is 0. The predicted molar refractivity (Wildman–Crippen MR) is 80.9 cm³/mol. The topological polar surface area (TPSA) is 15.3 Å². The first-order chi connectivity index (χ1) is 8.25. The standard InChI is InChI=1S/C16H34N2/c1-8-13(4)14-11-18(10-12(2)3)15(9-17-14)16(5,6)7/h12-15,17H,8-11H2,1-7H3. The molecule has 0 aromatic rings. The van der Waals surface area contributed by atoms with E-state index in [0.29, 0.717) is 17.5 Å². The monoisotopic (exact) mass is 254 g/mol. The third kappa shape index (κ3) is 4.24. The highest BCUT2D eigenvalue weighted by molar-refractivity contribution is 4.93. The minimum absolute atomic E-state index is 0.363. The maximum absolute atomic E-state index is 3.79. The normalized spacial score (nSPS) is 28.7. The van der Waals surface area contributed by atoms with E-state index < -0.39 is 0 Å². The molecule has 0 amide bonds. The number of hydrogen-bond acceptors (Lipinski definition) is 2. The Bertz CT molecular complexity index is 242. The summed E-state index contributed by atoms with van der Waals surface area (Å²) in [6.07, 6.45) is 1.27. The third-order valence-corrected chi connectivity index (χ3v) is 4.38. The second kappa shape index (κ2) is 6.38. The lowest BCUT2D eigenvalue weighted by atomic mass is 9.82. The van der Waals surface area contributed by atoms with Crippen molar-refractivity contribution in [3.63, 3.8) is 0 Å². The van der Waals surface area contributed by atoms with Gasteiger partial charge in [-0.05, 0) is 17.3 Å². The number of piperazine rings is 1. The Hall–Kier alpha value is -0.0800. The highest BCUT2D eigenvalue weighted by Gasteiger charge is 2.36. The van der Waals surface area contributed by atoms with Gasteiger partial charge < -0.3 is 5.32 Å². The fourth-order valence-corrected chi connectivity index (χ4v) is 3.03. The Morgan fingerprint density at radius 2 is 1.83 bits per heavy atom. The molecule has 0 radical (unpaired) electrons. The van der Waals surface area contributed by atoms with Crippen molar-refractivity contribution in [1.82, 2.24) is 10.2 Å². The van der Waals surface area contributed by atoms with E-state index in [1.54, 1.807) is 0 Å². The van der Waals surface area contributed by atoms with Crippen molar-refractivity contribution in [3.05, 3.63) is 0 Å². The number of nitrogens with zero attached hydrogens (tertiary/aromatic N) is 1. The zero-order valence-corrected chi connectivity index (χ0v) is 13.6. The van der Waals surface area contributed by atoms with E-state index in [1.165, 1.54) is 19.5 Å². The van der Waals surface area contributed by atoms with Crippen molar-refractivity contribution in [3.8, 4) is 0 Å². The zero-order chi connectivity index (χ0) is 13.9. The fraction of sp³-hybridized carbons (Fsp3) is 1.00. The molecule has 1 aliphatic rings. The molecule has 1 N–H and O–H groups in total. The van der Waals surface area contributed by atoms with E-state index >= 15 is 0 Å². The molecule has 3 unspecified atom stereocenters. The van der Waals surface area contributed by atoms with Crippen LogP contribution in [-0.2, 0) is 0 Å². The fourth-order valence-electron chi connectivity index (χ4n) is 3.03. The van der Waals surface area contributed by atoms with Crippen LogP contribution in [0.15, 0.2) is 0 Å². The molecule has 1 saturated heterocycles. The summed E-state index contributed by atoms with van der Waals surface area (Å²) in [6.45, 7) is 20.1. The van der Waals surface area contributed by atoms with Crippen molar-refractivity contribution in [2.24, 2.45) is 17.3 Å². The van der Waals surface area contributed by atoms with Crippen LogP contribution in [0.5, 0.6) is 0 Å². The van der Waals surface area contributed by atoms with Crippen molar-refractivity contribution in [2.45, 2.75) is 67.0 Å². The van der Waals surface area contributed by atoms with Crippen molar-refractivity contribution < 1.29 is 0 Å². The van der Waals surface area contributed by atoms with Crippen LogP contribution in [0.3, 0.4) is 0 Å². The summed E-state index contributed by atoms with van der Waals surface area (Å²) >= 11 is 0. The number of hydrogen-bond donors (Lipinski definition) is 1. The van der Waals surface area contributed by atoms with E-state index in [-0.39, 0.29) is 0 Å². The van der Waals surface area contributed by atoms with Gasteiger partial charge in [0, 0.05) is 31.7 Å². The van der Waals surface area contributed by atoms with Crippen molar-refractivity contribution >= 4 is 0 Å². The van der Waals surface area contributed by atoms with Gasteiger partial charge in [-0.25, -0.2) is 0 Å². The smallest absolute Gasteiger partial charge is 0.0269 e. The van der Waals surface area contributed by atoms with Gasteiger partial charge in [0.15, 0.2) is 0 Å². The maximum Gasteiger partial charge on any atom is 0.0269 e. The first-order valence-electron chi connectivity index (χ1n) is 7.73. The Labute approximate surface area is 115 Å². The molecule has 1 fully saturated rings. The van der Waals surface area contributed by atoms with E-state index in [9.17, 15) is 0 Å². The lowest BCUT2D eigenvalue weighted by molar-refractivity contribution is 0.0356. The van der Waals surface area contributed by atoms with Gasteiger partial charge in [0.25, 0.3) is 0 Å². The molecule has 3 atom stereocenters. The Morgan fingerprint density at radius 1 is 1.22 bits per heavy atom. The molecule has 0 saturated carbocycles. The highest BCUT2D eigenvalue weighted by Crippen LogP contribution is 2.28. The molecule has 0 aromatic carbocycles. The number of nitrogens with one attached hydrogen (secondary N) is 1. The SMILES string of the molecule is CCC(C)C1CN(CC(C)C)C(C(C)(C)C)CN1. The van der Waals surface area contributed by atoms with Crippen LogP contribution in [0, 0.1) is 17.3 Å². The van der Waals surface area contributed by atoms with Crippen LogP contribution >= 0.6 is 0 Å². The van der Waals surface area contributed by atoms with Gasteiger partial charge in [-0.3, -0.25) is 4.90 Å². The first-order valence-corrected chi connectivity index (χ1v) is 7.73. The molecule has 1 aliphatic heterocycles. The second-order valence-corrected chi connectivity index (χ2v) is 7.63. The molecular weight excluding hydrogens is 220 g/mol.